The molecule has 6 rings (SSSR count). The maximum atomic E-state index is 13.9. The van der Waals surface area contributed by atoms with Gasteiger partial charge in [-0.3, -0.25) is 14.4 Å². The first-order chi connectivity index (χ1) is 18.6. The van der Waals surface area contributed by atoms with Crippen LogP contribution in [0.4, 0.5) is 0 Å². The molecule has 4 heterocycles. The van der Waals surface area contributed by atoms with Gasteiger partial charge in [-0.25, -0.2) is 0 Å². The Hall–Kier alpha value is -3.98. The monoisotopic (exact) mass is 528 g/mol. The zero-order valence-corrected chi connectivity index (χ0v) is 21.7. The number of rotatable bonds is 8. The van der Waals surface area contributed by atoms with E-state index in [0.29, 0.717) is 29.9 Å². The van der Waals surface area contributed by atoms with Crippen molar-refractivity contribution in [1.82, 2.24) is 20.5 Å². The highest BCUT2D eigenvalue weighted by Crippen LogP contribution is 2.46. The van der Waals surface area contributed by atoms with Gasteiger partial charge in [-0.15, -0.1) is 0 Å². The molecule has 0 bridgehead atoms. The fraction of sp³-hybridized carbons (Fsp3) is 0.276. The molecule has 0 unspecified atom stereocenters. The summed E-state index contributed by atoms with van der Waals surface area (Å²) < 4.78 is 5.32. The van der Waals surface area contributed by atoms with Crippen molar-refractivity contribution in [1.29, 1.82) is 0 Å². The van der Waals surface area contributed by atoms with Crippen LogP contribution in [0.3, 0.4) is 0 Å². The molecule has 0 saturated carbocycles. The van der Waals surface area contributed by atoms with Gasteiger partial charge in [-0.05, 0) is 53.8 Å². The van der Waals surface area contributed by atoms with Crippen molar-refractivity contribution < 1.29 is 18.8 Å². The van der Waals surface area contributed by atoms with E-state index in [0.717, 1.165) is 27.7 Å². The number of furan rings is 1. The molecule has 0 aliphatic carbocycles. The Morgan fingerprint density at radius 3 is 2.76 bits per heavy atom. The number of nitrogens with zero attached hydrogens (tertiary/aromatic N) is 1. The molecule has 38 heavy (non-hydrogen) atoms. The lowest BCUT2D eigenvalue weighted by Crippen LogP contribution is -2.56. The summed E-state index contributed by atoms with van der Waals surface area (Å²) in [6.45, 7) is 0.238. The minimum atomic E-state index is -0.749. The molecule has 0 radical (unpaired) electrons. The Morgan fingerprint density at radius 1 is 1.13 bits per heavy atom. The summed E-state index contributed by atoms with van der Waals surface area (Å²) in [6, 6.07) is 17.2. The zero-order chi connectivity index (χ0) is 26.2. The van der Waals surface area contributed by atoms with E-state index in [9.17, 15) is 14.4 Å². The fourth-order valence-corrected chi connectivity index (χ4v) is 6.09. The van der Waals surface area contributed by atoms with Gasteiger partial charge in [0.15, 0.2) is 0 Å². The number of H-pyrrole nitrogens is 1. The summed E-state index contributed by atoms with van der Waals surface area (Å²) in [5.74, 6) is 0.563. The molecule has 0 saturated heterocycles. The molecular weight excluding hydrogens is 500 g/mol. The van der Waals surface area contributed by atoms with Gasteiger partial charge in [0.05, 0.1) is 18.8 Å². The number of thioether (sulfide) groups is 1. The van der Waals surface area contributed by atoms with Crippen LogP contribution in [0.1, 0.15) is 45.4 Å². The minimum absolute atomic E-state index is 0.169. The Balaban J connectivity index is 1.32. The van der Waals surface area contributed by atoms with Gasteiger partial charge in [-0.2, -0.15) is 11.8 Å². The van der Waals surface area contributed by atoms with Crippen molar-refractivity contribution in [3.05, 3.63) is 95.1 Å². The van der Waals surface area contributed by atoms with Gasteiger partial charge in [0, 0.05) is 28.6 Å². The van der Waals surface area contributed by atoms with Gasteiger partial charge in [0.25, 0.3) is 5.91 Å². The first-order valence-corrected chi connectivity index (χ1v) is 14.1. The molecule has 9 heteroatoms. The lowest BCUT2D eigenvalue weighted by molar-refractivity contribution is -0.132. The summed E-state index contributed by atoms with van der Waals surface area (Å²) in [4.78, 5) is 45.8. The molecular formula is C29H28N4O4S. The number of aromatic nitrogens is 1. The Bertz CT molecular complexity index is 1510. The van der Waals surface area contributed by atoms with E-state index < -0.39 is 12.1 Å². The molecule has 194 valence electrons. The molecule has 3 amide bonds. The Labute approximate surface area is 224 Å². The highest BCUT2D eigenvalue weighted by atomic mass is 32.2. The zero-order valence-electron chi connectivity index (χ0n) is 20.9. The highest BCUT2D eigenvalue weighted by molar-refractivity contribution is 7.98. The van der Waals surface area contributed by atoms with Crippen molar-refractivity contribution in [2.45, 2.75) is 37.5 Å². The number of nitrogens with one attached hydrogen (secondary N) is 3. The van der Waals surface area contributed by atoms with Crippen molar-refractivity contribution in [2.75, 3.05) is 12.0 Å². The largest absolute Gasteiger partial charge is 0.467 e. The van der Waals surface area contributed by atoms with E-state index in [1.165, 1.54) is 0 Å². The second kappa shape index (κ2) is 10.1. The number of para-hydroxylation sites is 1. The van der Waals surface area contributed by atoms with Gasteiger partial charge >= 0.3 is 0 Å². The number of hydrogen-bond donors (Lipinski definition) is 3. The molecule has 3 atom stereocenters. The van der Waals surface area contributed by atoms with Crippen LogP contribution in [-0.4, -0.2) is 51.7 Å². The third-order valence-corrected chi connectivity index (χ3v) is 8.06. The molecule has 0 spiro atoms. The van der Waals surface area contributed by atoms with Crippen molar-refractivity contribution in [3.63, 3.8) is 0 Å². The third kappa shape index (κ3) is 4.16. The summed E-state index contributed by atoms with van der Waals surface area (Å²) >= 11 is 1.61. The predicted octanol–water partition coefficient (Wildman–Crippen LogP) is 3.79. The molecule has 2 aromatic heterocycles. The molecule has 0 fully saturated rings. The Kier molecular flexibility index (Phi) is 6.45. The summed E-state index contributed by atoms with van der Waals surface area (Å²) in [6.07, 6.45) is 4.35. The molecule has 4 aromatic rings. The first-order valence-electron chi connectivity index (χ1n) is 12.7. The normalized spacial score (nSPS) is 18.6. The van der Waals surface area contributed by atoms with E-state index in [1.807, 2.05) is 54.8 Å². The predicted molar refractivity (Wildman–Crippen MR) is 146 cm³/mol. The smallest absolute Gasteiger partial charge is 0.255 e. The molecule has 3 N–H and O–H groups in total. The lowest BCUT2D eigenvalue weighted by Gasteiger charge is -2.37. The van der Waals surface area contributed by atoms with Crippen LogP contribution in [0.2, 0.25) is 0 Å². The van der Waals surface area contributed by atoms with Crippen molar-refractivity contribution >= 4 is 40.4 Å². The van der Waals surface area contributed by atoms with E-state index in [2.05, 4.69) is 15.6 Å². The average molecular weight is 529 g/mol. The SMILES string of the molecule is CSCC[C@H](NC(=O)[C@@H]1Cc2c([nH]c3ccccc23)[C@@H]2c3ccccc3C(=O)N21)C(=O)NCc1ccco1. The molecule has 2 aliphatic rings. The van der Waals surface area contributed by atoms with Crippen LogP contribution in [-0.2, 0) is 22.6 Å². The molecule has 8 nitrogen and oxygen atoms in total. The van der Waals surface area contributed by atoms with Crippen LogP contribution in [0.5, 0.6) is 0 Å². The van der Waals surface area contributed by atoms with E-state index in [-0.39, 0.29) is 30.3 Å². The fourth-order valence-electron chi connectivity index (χ4n) is 5.62. The number of fused-ring (bicyclic) bond motifs is 7. The van der Waals surface area contributed by atoms with Crippen molar-refractivity contribution in [2.24, 2.45) is 0 Å². The van der Waals surface area contributed by atoms with Crippen LogP contribution in [0, 0.1) is 0 Å². The van der Waals surface area contributed by atoms with Crippen molar-refractivity contribution in [3.8, 4) is 0 Å². The second-order valence-corrected chi connectivity index (χ2v) is 10.6. The number of carbonyl (C=O) groups is 3. The Morgan fingerprint density at radius 2 is 1.95 bits per heavy atom. The number of carbonyl (C=O) groups excluding carboxylic acids is 3. The summed E-state index contributed by atoms with van der Waals surface area (Å²) in [7, 11) is 0. The lowest BCUT2D eigenvalue weighted by atomic mass is 9.89. The van der Waals surface area contributed by atoms with Gasteiger partial charge < -0.3 is 24.9 Å². The third-order valence-electron chi connectivity index (χ3n) is 7.42. The maximum Gasteiger partial charge on any atom is 0.255 e. The van der Waals surface area contributed by atoms with Crippen LogP contribution < -0.4 is 10.6 Å². The topological polar surface area (TPSA) is 107 Å². The second-order valence-electron chi connectivity index (χ2n) is 9.62. The number of aromatic amines is 1. The molecule has 2 aromatic carbocycles. The first kappa shape index (κ1) is 24.4. The number of benzene rings is 2. The van der Waals surface area contributed by atoms with Gasteiger partial charge in [0.1, 0.15) is 17.8 Å². The standard InChI is InChI=1S/C29H28N4O4S/c1-38-14-12-23(27(34)30-16-17-7-6-13-37-17)32-28(35)24-15-21-18-8-4-5-11-22(18)31-25(21)26-19-9-2-3-10-20(19)29(36)33(24)26/h2-11,13,23-24,26,31H,12,14-16H2,1H3,(H,30,34)(H,32,35)/t23-,24-,26-/m0/s1. The van der Waals surface area contributed by atoms with Crippen LogP contribution >= 0.6 is 11.8 Å². The van der Waals surface area contributed by atoms with Gasteiger partial charge in [0.2, 0.25) is 11.8 Å². The van der Waals surface area contributed by atoms with Crippen LogP contribution in [0.25, 0.3) is 10.9 Å². The summed E-state index contributed by atoms with van der Waals surface area (Å²) in [5, 5.41) is 6.90. The van der Waals surface area contributed by atoms with E-state index >= 15 is 0 Å². The molecule has 2 aliphatic heterocycles. The number of amides is 3. The minimum Gasteiger partial charge on any atom is -0.467 e. The van der Waals surface area contributed by atoms with E-state index in [4.69, 9.17) is 4.42 Å². The van der Waals surface area contributed by atoms with E-state index in [1.54, 1.807) is 35.1 Å². The maximum absolute atomic E-state index is 13.9. The summed E-state index contributed by atoms with van der Waals surface area (Å²) in [5.41, 5.74) is 4.46. The number of hydrogen-bond acceptors (Lipinski definition) is 5. The quantitative estimate of drug-likeness (QED) is 0.323. The highest BCUT2D eigenvalue weighted by Gasteiger charge is 2.49. The van der Waals surface area contributed by atoms with Gasteiger partial charge in [-0.1, -0.05) is 36.4 Å². The van der Waals surface area contributed by atoms with Crippen LogP contribution in [0.15, 0.2) is 71.3 Å². The average Bonchev–Trinajstić information content (AvgIpc) is 3.66.